The molecule has 0 aromatic heterocycles. The Morgan fingerprint density at radius 1 is 1.22 bits per heavy atom. The summed E-state index contributed by atoms with van der Waals surface area (Å²) in [7, 11) is 0. The third-order valence-corrected chi connectivity index (χ3v) is 3.41. The van der Waals surface area contributed by atoms with E-state index in [2.05, 4.69) is 29.8 Å². The molecule has 0 amide bonds. The molecule has 1 rings (SSSR count). The largest absolute Gasteiger partial charge is 0.489 e. The van der Waals surface area contributed by atoms with Gasteiger partial charge in [-0.1, -0.05) is 53.5 Å². The van der Waals surface area contributed by atoms with Gasteiger partial charge in [-0.2, -0.15) is 0 Å². The highest BCUT2D eigenvalue weighted by Crippen LogP contribution is 2.29. The monoisotopic (exact) mass is 334 g/mol. The molecule has 2 nitrogen and oxygen atoms in total. The van der Waals surface area contributed by atoms with E-state index in [1.165, 1.54) is 0 Å². The maximum atomic E-state index is 6.10. The van der Waals surface area contributed by atoms with Crippen LogP contribution in [-0.2, 0) is 10.1 Å². The van der Waals surface area contributed by atoms with Gasteiger partial charge in [0.25, 0.3) is 0 Å². The summed E-state index contributed by atoms with van der Waals surface area (Å²) in [5.41, 5.74) is 1.06. The smallest absolute Gasteiger partial charge is 0.142 e. The first-order valence-corrected chi connectivity index (χ1v) is 7.69. The third kappa shape index (κ3) is 5.59. The minimum atomic E-state index is 0.530. The van der Waals surface area contributed by atoms with Gasteiger partial charge < -0.3 is 9.47 Å². The van der Waals surface area contributed by atoms with Crippen molar-refractivity contribution in [2.24, 2.45) is 5.92 Å². The van der Waals surface area contributed by atoms with E-state index in [-0.39, 0.29) is 0 Å². The van der Waals surface area contributed by atoms with Gasteiger partial charge in [-0.25, -0.2) is 0 Å². The standard InChI is InChI=1S/C14H20BrClO2/c1-11(2)6-7-17-8-9-18-14-12(10-15)4-3-5-13(14)16/h3-5,11H,6-10H2,1-2H3. The molecule has 0 aliphatic rings. The van der Waals surface area contributed by atoms with Crippen LogP contribution in [0, 0.1) is 5.92 Å². The second kappa shape index (κ2) is 8.78. The second-order valence-corrected chi connectivity index (χ2v) is 5.47. The number of alkyl halides is 1. The van der Waals surface area contributed by atoms with Gasteiger partial charge in [0.15, 0.2) is 0 Å². The summed E-state index contributed by atoms with van der Waals surface area (Å²) in [6, 6.07) is 5.75. The van der Waals surface area contributed by atoms with Crippen molar-refractivity contribution < 1.29 is 9.47 Å². The molecule has 4 heteroatoms. The summed E-state index contributed by atoms with van der Waals surface area (Å²) in [4.78, 5) is 0. The van der Waals surface area contributed by atoms with E-state index in [1.54, 1.807) is 0 Å². The number of para-hydroxylation sites is 1. The average Bonchev–Trinajstić information content (AvgIpc) is 2.34. The summed E-state index contributed by atoms with van der Waals surface area (Å²) >= 11 is 9.53. The predicted octanol–water partition coefficient (Wildman–Crippen LogP) is 4.68. The molecule has 0 saturated carbocycles. The molecule has 0 spiro atoms. The van der Waals surface area contributed by atoms with Crippen LogP contribution < -0.4 is 4.74 Å². The van der Waals surface area contributed by atoms with E-state index in [4.69, 9.17) is 21.1 Å². The van der Waals surface area contributed by atoms with E-state index in [1.807, 2.05) is 18.2 Å². The van der Waals surface area contributed by atoms with Crippen molar-refractivity contribution in [2.75, 3.05) is 19.8 Å². The molecule has 0 fully saturated rings. The summed E-state index contributed by atoms with van der Waals surface area (Å²) in [5, 5.41) is 1.38. The molecule has 0 bridgehead atoms. The van der Waals surface area contributed by atoms with Crippen molar-refractivity contribution in [1.29, 1.82) is 0 Å². The summed E-state index contributed by atoms with van der Waals surface area (Å²) in [6.45, 7) is 6.29. The van der Waals surface area contributed by atoms with Crippen molar-refractivity contribution in [3.05, 3.63) is 28.8 Å². The van der Waals surface area contributed by atoms with Crippen molar-refractivity contribution in [1.82, 2.24) is 0 Å². The maximum Gasteiger partial charge on any atom is 0.142 e. The van der Waals surface area contributed by atoms with Crippen molar-refractivity contribution in [3.63, 3.8) is 0 Å². The molecular weight excluding hydrogens is 316 g/mol. The Morgan fingerprint density at radius 3 is 2.67 bits per heavy atom. The quantitative estimate of drug-likeness (QED) is 0.507. The molecule has 0 heterocycles. The summed E-state index contributed by atoms with van der Waals surface area (Å²) < 4.78 is 11.2. The Balaban J connectivity index is 2.31. The lowest BCUT2D eigenvalue weighted by Gasteiger charge is -2.12. The number of benzene rings is 1. The predicted molar refractivity (Wildman–Crippen MR) is 79.9 cm³/mol. The van der Waals surface area contributed by atoms with Gasteiger partial charge in [0, 0.05) is 17.5 Å². The molecule has 0 atom stereocenters. The van der Waals surface area contributed by atoms with Gasteiger partial charge in [0.05, 0.1) is 11.6 Å². The summed E-state index contributed by atoms with van der Waals surface area (Å²) in [5.74, 6) is 1.43. The van der Waals surface area contributed by atoms with Crippen LogP contribution in [0.3, 0.4) is 0 Å². The molecule has 0 unspecified atom stereocenters. The van der Waals surface area contributed by atoms with Gasteiger partial charge in [-0.15, -0.1) is 0 Å². The molecule has 0 saturated heterocycles. The normalized spacial score (nSPS) is 10.9. The van der Waals surface area contributed by atoms with Crippen LogP contribution in [0.1, 0.15) is 25.8 Å². The van der Waals surface area contributed by atoms with Gasteiger partial charge in [-0.05, 0) is 18.4 Å². The zero-order valence-corrected chi connectivity index (χ0v) is 13.3. The minimum absolute atomic E-state index is 0.530. The first-order valence-electron chi connectivity index (χ1n) is 6.19. The number of hydrogen-bond acceptors (Lipinski definition) is 2. The molecule has 0 N–H and O–H groups in total. The van der Waals surface area contributed by atoms with Crippen LogP contribution in [0.5, 0.6) is 5.75 Å². The topological polar surface area (TPSA) is 18.5 Å². The Labute approximate surface area is 123 Å². The zero-order valence-electron chi connectivity index (χ0n) is 10.9. The molecule has 0 radical (unpaired) electrons. The second-order valence-electron chi connectivity index (χ2n) is 4.51. The van der Waals surface area contributed by atoms with Crippen LogP contribution >= 0.6 is 27.5 Å². The Kier molecular flexibility index (Phi) is 7.71. The number of ether oxygens (including phenoxy) is 2. The fraction of sp³-hybridized carbons (Fsp3) is 0.571. The Morgan fingerprint density at radius 2 is 2.00 bits per heavy atom. The van der Waals surface area contributed by atoms with E-state index in [0.717, 1.165) is 29.7 Å². The van der Waals surface area contributed by atoms with Crippen LogP contribution in [0.15, 0.2) is 18.2 Å². The van der Waals surface area contributed by atoms with Gasteiger partial charge in [0.1, 0.15) is 12.4 Å². The summed E-state index contributed by atoms with van der Waals surface area (Å²) in [6.07, 6.45) is 1.08. The van der Waals surface area contributed by atoms with Crippen molar-refractivity contribution >= 4 is 27.5 Å². The van der Waals surface area contributed by atoms with E-state index in [0.29, 0.717) is 24.2 Å². The lowest BCUT2D eigenvalue weighted by atomic mass is 10.1. The molecule has 0 aliphatic heterocycles. The van der Waals surface area contributed by atoms with Crippen LogP contribution in [0.2, 0.25) is 5.02 Å². The average molecular weight is 336 g/mol. The van der Waals surface area contributed by atoms with E-state index >= 15 is 0 Å². The third-order valence-electron chi connectivity index (χ3n) is 2.51. The highest BCUT2D eigenvalue weighted by atomic mass is 79.9. The molecule has 1 aromatic rings. The maximum absolute atomic E-state index is 6.10. The molecular formula is C14H20BrClO2. The SMILES string of the molecule is CC(C)CCOCCOc1c(Cl)cccc1CBr. The van der Waals surface area contributed by atoms with Gasteiger partial charge >= 0.3 is 0 Å². The lowest BCUT2D eigenvalue weighted by Crippen LogP contribution is -2.09. The zero-order chi connectivity index (χ0) is 13.4. The first-order chi connectivity index (χ1) is 8.65. The Bertz CT molecular complexity index is 356. The van der Waals surface area contributed by atoms with E-state index < -0.39 is 0 Å². The highest BCUT2D eigenvalue weighted by Gasteiger charge is 2.07. The molecule has 18 heavy (non-hydrogen) atoms. The number of halogens is 2. The van der Waals surface area contributed by atoms with Gasteiger partial charge in [-0.3, -0.25) is 0 Å². The molecule has 0 aliphatic carbocycles. The number of hydrogen-bond donors (Lipinski definition) is 0. The van der Waals surface area contributed by atoms with Crippen LogP contribution in [0.25, 0.3) is 0 Å². The van der Waals surface area contributed by atoms with Gasteiger partial charge in [0.2, 0.25) is 0 Å². The van der Waals surface area contributed by atoms with Crippen LogP contribution in [0.4, 0.5) is 0 Å². The molecule has 1 aromatic carbocycles. The fourth-order valence-corrected chi connectivity index (χ4v) is 2.13. The van der Waals surface area contributed by atoms with Crippen molar-refractivity contribution in [3.8, 4) is 5.75 Å². The van der Waals surface area contributed by atoms with E-state index in [9.17, 15) is 0 Å². The van der Waals surface area contributed by atoms with Crippen molar-refractivity contribution in [2.45, 2.75) is 25.6 Å². The number of rotatable bonds is 8. The highest BCUT2D eigenvalue weighted by molar-refractivity contribution is 9.08. The minimum Gasteiger partial charge on any atom is -0.489 e. The lowest BCUT2D eigenvalue weighted by molar-refractivity contribution is 0.0924. The Hall–Kier alpha value is -0.250. The first kappa shape index (κ1) is 15.8. The van der Waals surface area contributed by atoms with Crippen LogP contribution in [-0.4, -0.2) is 19.8 Å². The fourth-order valence-electron chi connectivity index (χ4n) is 1.44. The molecule has 102 valence electrons.